The maximum absolute atomic E-state index is 12.1. The van der Waals surface area contributed by atoms with E-state index in [0.29, 0.717) is 30.0 Å². The SMILES string of the molecule is COC(=O)[C@@H]1CC[C@@](O)(c2ncc(-c3ccnc4cc(N)ccc34)s2)CC1(C)C. The van der Waals surface area contributed by atoms with Crippen LogP contribution in [0.2, 0.25) is 0 Å². The average molecular weight is 412 g/mol. The fourth-order valence-electron chi connectivity index (χ4n) is 4.49. The van der Waals surface area contributed by atoms with Gasteiger partial charge in [-0.3, -0.25) is 9.78 Å². The van der Waals surface area contributed by atoms with Crippen molar-refractivity contribution < 1.29 is 14.6 Å². The van der Waals surface area contributed by atoms with Crippen molar-refractivity contribution in [2.24, 2.45) is 11.3 Å². The summed E-state index contributed by atoms with van der Waals surface area (Å²) in [5.41, 5.74) is 6.97. The largest absolute Gasteiger partial charge is 0.469 e. The summed E-state index contributed by atoms with van der Waals surface area (Å²) in [6, 6.07) is 7.63. The second kappa shape index (κ2) is 7.07. The van der Waals surface area contributed by atoms with Crippen LogP contribution in [0.25, 0.3) is 21.3 Å². The highest BCUT2D eigenvalue weighted by atomic mass is 32.1. The van der Waals surface area contributed by atoms with Gasteiger partial charge < -0.3 is 15.6 Å². The molecule has 1 saturated carbocycles. The van der Waals surface area contributed by atoms with Gasteiger partial charge in [0.2, 0.25) is 0 Å². The fraction of sp³-hybridized carbons (Fsp3) is 0.409. The molecule has 0 spiro atoms. The van der Waals surface area contributed by atoms with Crippen LogP contribution in [0.4, 0.5) is 5.69 Å². The molecule has 0 aliphatic heterocycles. The molecule has 0 amide bonds. The van der Waals surface area contributed by atoms with Gasteiger partial charge in [-0.2, -0.15) is 0 Å². The van der Waals surface area contributed by atoms with Gasteiger partial charge in [-0.25, -0.2) is 4.98 Å². The molecular formula is C22H25N3O3S. The van der Waals surface area contributed by atoms with E-state index in [1.54, 1.807) is 6.20 Å². The molecule has 29 heavy (non-hydrogen) atoms. The van der Waals surface area contributed by atoms with Crippen molar-refractivity contribution in [3.8, 4) is 10.4 Å². The van der Waals surface area contributed by atoms with Crippen LogP contribution in [0.5, 0.6) is 0 Å². The number of anilines is 1. The minimum Gasteiger partial charge on any atom is -0.469 e. The monoisotopic (exact) mass is 411 g/mol. The maximum Gasteiger partial charge on any atom is 0.309 e. The first kappa shape index (κ1) is 19.8. The number of hydrogen-bond acceptors (Lipinski definition) is 7. The first-order valence-corrected chi connectivity index (χ1v) is 10.5. The maximum atomic E-state index is 12.1. The zero-order chi connectivity index (χ0) is 20.8. The molecule has 7 heteroatoms. The van der Waals surface area contributed by atoms with Crippen LogP contribution < -0.4 is 5.73 Å². The first-order valence-electron chi connectivity index (χ1n) is 9.65. The summed E-state index contributed by atoms with van der Waals surface area (Å²) in [7, 11) is 1.42. The molecule has 0 unspecified atom stereocenters. The quantitative estimate of drug-likeness (QED) is 0.497. The van der Waals surface area contributed by atoms with E-state index in [4.69, 9.17) is 10.5 Å². The highest BCUT2D eigenvalue weighted by molar-refractivity contribution is 7.15. The summed E-state index contributed by atoms with van der Waals surface area (Å²) in [4.78, 5) is 22.1. The van der Waals surface area contributed by atoms with Crippen molar-refractivity contribution in [2.75, 3.05) is 12.8 Å². The first-order chi connectivity index (χ1) is 13.7. The highest BCUT2D eigenvalue weighted by Gasteiger charge is 2.49. The standard InChI is InChI=1S/C22H25N3O3S/c1-21(2)12-22(27,8-6-16(21)19(26)28-3)20-25-11-18(29-20)15-7-9-24-17-10-13(23)4-5-14(15)17/h4-5,7,9-11,16,27H,6,8,12,23H2,1-3H3/t16-,22-/m0/s1. The van der Waals surface area contributed by atoms with Crippen LogP contribution in [0, 0.1) is 11.3 Å². The third kappa shape index (κ3) is 3.49. The van der Waals surface area contributed by atoms with Gasteiger partial charge in [0.05, 0.1) is 23.4 Å². The summed E-state index contributed by atoms with van der Waals surface area (Å²) >= 11 is 1.49. The molecule has 0 saturated heterocycles. The molecule has 2 atom stereocenters. The molecule has 2 aromatic heterocycles. The molecule has 1 fully saturated rings. The Balaban J connectivity index is 1.67. The van der Waals surface area contributed by atoms with Crippen molar-refractivity contribution in [3.63, 3.8) is 0 Å². The molecule has 2 heterocycles. The predicted molar refractivity (Wildman–Crippen MR) is 114 cm³/mol. The molecule has 3 aromatic rings. The lowest BCUT2D eigenvalue weighted by Gasteiger charge is -2.44. The number of hydrogen-bond donors (Lipinski definition) is 2. The Morgan fingerprint density at radius 2 is 2.10 bits per heavy atom. The summed E-state index contributed by atoms with van der Waals surface area (Å²) < 4.78 is 4.96. The Morgan fingerprint density at radius 3 is 2.83 bits per heavy atom. The molecule has 6 nitrogen and oxygen atoms in total. The number of ether oxygens (including phenoxy) is 1. The highest BCUT2D eigenvalue weighted by Crippen LogP contribution is 2.51. The predicted octanol–water partition coefficient (Wildman–Crippen LogP) is 4.13. The topological polar surface area (TPSA) is 98.3 Å². The van der Waals surface area contributed by atoms with Gasteiger partial charge in [-0.1, -0.05) is 19.9 Å². The van der Waals surface area contributed by atoms with Gasteiger partial charge in [0.1, 0.15) is 10.6 Å². The van der Waals surface area contributed by atoms with E-state index in [-0.39, 0.29) is 17.3 Å². The zero-order valence-electron chi connectivity index (χ0n) is 16.8. The lowest BCUT2D eigenvalue weighted by atomic mass is 9.63. The number of aromatic nitrogens is 2. The normalized spacial score (nSPS) is 23.8. The van der Waals surface area contributed by atoms with E-state index in [9.17, 15) is 9.90 Å². The van der Waals surface area contributed by atoms with Crippen molar-refractivity contribution >= 4 is 33.9 Å². The molecule has 1 aliphatic carbocycles. The Labute approximate surface area is 173 Å². The van der Waals surface area contributed by atoms with Crippen LogP contribution in [0.3, 0.4) is 0 Å². The zero-order valence-corrected chi connectivity index (χ0v) is 17.6. The van der Waals surface area contributed by atoms with Crippen molar-refractivity contribution in [2.45, 2.75) is 38.7 Å². The van der Waals surface area contributed by atoms with Gasteiger partial charge in [-0.15, -0.1) is 11.3 Å². The Bertz CT molecular complexity index is 1080. The van der Waals surface area contributed by atoms with Crippen LogP contribution in [0.15, 0.2) is 36.7 Å². The van der Waals surface area contributed by atoms with Gasteiger partial charge >= 0.3 is 5.97 Å². The number of carbonyl (C=O) groups excluding carboxylic acids is 1. The number of thiazole rings is 1. The van der Waals surface area contributed by atoms with E-state index < -0.39 is 5.60 Å². The number of fused-ring (bicyclic) bond motifs is 1. The Hall–Kier alpha value is -2.51. The number of pyridine rings is 1. The number of methoxy groups -OCH3 is 1. The molecule has 0 bridgehead atoms. The lowest BCUT2D eigenvalue weighted by Crippen LogP contribution is -2.45. The van der Waals surface area contributed by atoms with Gasteiger partial charge in [-0.05, 0) is 42.9 Å². The average Bonchev–Trinajstić information content (AvgIpc) is 3.17. The van der Waals surface area contributed by atoms with Crippen LogP contribution in [-0.4, -0.2) is 28.2 Å². The number of nitrogen functional groups attached to an aromatic ring is 1. The second-order valence-corrected chi connectivity index (χ2v) is 9.51. The third-order valence-corrected chi connectivity index (χ3v) is 7.18. The van der Waals surface area contributed by atoms with E-state index in [1.165, 1.54) is 18.4 Å². The van der Waals surface area contributed by atoms with Crippen molar-refractivity contribution in [1.82, 2.24) is 9.97 Å². The summed E-state index contributed by atoms with van der Waals surface area (Å²) in [6.45, 7) is 4.02. The van der Waals surface area contributed by atoms with E-state index in [1.807, 2.05) is 44.3 Å². The number of carbonyl (C=O) groups is 1. The van der Waals surface area contributed by atoms with Gasteiger partial charge in [0.25, 0.3) is 0 Å². The third-order valence-electron chi connectivity index (χ3n) is 5.96. The summed E-state index contributed by atoms with van der Waals surface area (Å²) in [5.74, 6) is -0.429. The second-order valence-electron chi connectivity index (χ2n) is 8.48. The van der Waals surface area contributed by atoms with Gasteiger partial charge in [0, 0.05) is 29.0 Å². The molecule has 4 rings (SSSR count). The lowest BCUT2D eigenvalue weighted by molar-refractivity contribution is -0.157. The number of rotatable bonds is 3. The molecular weight excluding hydrogens is 386 g/mol. The van der Waals surface area contributed by atoms with E-state index in [0.717, 1.165) is 21.3 Å². The number of esters is 1. The fourth-order valence-corrected chi connectivity index (χ4v) is 5.57. The number of aliphatic hydroxyl groups is 1. The molecule has 1 aromatic carbocycles. The number of benzene rings is 1. The molecule has 3 N–H and O–H groups in total. The summed E-state index contributed by atoms with van der Waals surface area (Å²) in [6.07, 6.45) is 5.08. The smallest absolute Gasteiger partial charge is 0.309 e. The minimum atomic E-state index is -1.05. The van der Waals surface area contributed by atoms with Crippen LogP contribution >= 0.6 is 11.3 Å². The summed E-state index contributed by atoms with van der Waals surface area (Å²) in [5, 5.41) is 13.1. The van der Waals surface area contributed by atoms with Crippen molar-refractivity contribution in [3.05, 3.63) is 41.7 Å². The molecule has 152 valence electrons. The van der Waals surface area contributed by atoms with Crippen molar-refractivity contribution in [1.29, 1.82) is 0 Å². The molecule has 0 radical (unpaired) electrons. The molecule has 1 aliphatic rings. The minimum absolute atomic E-state index is 0.209. The van der Waals surface area contributed by atoms with E-state index in [2.05, 4.69) is 9.97 Å². The Kier molecular flexibility index (Phi) is 4.83. The Morgan fingerprint density at radius 1 is 1.31 bits per heavy atom. The van der Waals surface area contributed by atoms with Crippen LogP contribution in [0.1, 0.15) is 38.1 Å². The van der Waals surface area contributed by atoms with Gasteiger partial charge in [0.15, 0.2) is 0 Å². The van der Waals surface area contributed by atoms with Crippen LogP contribution in [-0.2, 0) is 15.1 Å². The van der Waals surface area contributed by atoms with E-state index >= 15 is 0 Å². The number of nitrogens with two attached hydrogens (primary N) is 1. The number of nitrogens with zero attached hydrogens (tertiary/aromatic N) is 2.